The normalized spacial score (nSPS) is 15.2. The van der Waals surface area contributed by atoms with Crippen LogP contribution in [0.1, 0.15) is 22.7 Å². The van der Waals surface area contributed by atoms with Crippen LogP contribution in [0.4, 0.5) is 0 Å². The highest BCUT2D eigenvalue weighted by atomic mass is 35.5. The van der Waals surface area contributed by atoms with E-state index in [4.69, 9.17) is 11.6 Å². The smallest absolute Gasteiger partial charge is 0.234 e. The lowest BCUT2D eigenvalue weighted by atomic mass is 9.96. The molecule has 1 amide bonds. The van der Waals surface area contributed by atoms with Gasteiger partial charge < -0.3 is 5.32 Å². The summed E-state index contributed by atoms with van der Waals surface area (Å²) in [5.41, 5.74) is 3.67. The highest BCUT2D eigenvalue weighted by molar-refractivity contribution is 6.30. The molecule has 3 aromatic carbocycles. The fraction of sp³-hybridized carbons (Fsp3) is 0.269. The lowest BCUT2D eigenvalue weighted by Crippen LogP contribution is -2.50. The lowest BCUT2D eigenvalue weighted by molar-refractivity contribution is -0.122. The van der Waals surface area contributed by atoms with E-state index in [1.807, 2.05) is 24.3 Å². The molecule has 1 heterocycles. The van der Waals surface area contributed by atoms with Gasteiger partial charge in [0.1, 0.15) is 0 Å². The van der Waals surface area contributed by atoms with Crippen molar-refractivity contribution in [1.29, 1.82) is 0 Å². The minimum absolute atomic E-state index is 0.0612. The molecule has 0 spiro atoms. The Balaban J connectivity index is 1.32. The fourth-order valence-electron chi connectivity index (χ4n) is 4.13. The first-order valence-electron chi connectivity index (χ1n) is 10.8. The van der Waals surface area contributed by atoms with Gasteiger partial charge in [0.25, 0.3) is 0 Å². The van der Waals surface area contributed by atoms with Gasteiger partial charge in [-0.05, 0) is 28.8 Å². The summed E-state index contributed by atoms with van der Waals surface area (Å²) in [5.74, 6) is 0.0612. The van der Waals surface area contributed by atoms with Gasteiger partial charge in [0.2, 0.25) is 5.91 Å². The zero-order valence-corrected chi connectivity index (χ0v) is 18.3. The first kappa shape index (κ1) is 21.6. The maximum atomic E-state index is 12.4. The third-order valence-corrected chi connectivity index (χ3v) is 6.02. The van der Waals surface area contributed by atoms with E-state index in [0.717, 1.165) is 31.7 Å². The third-order valence-electron chi connectivity index (χ3n) is 5.77. The summed E-state index contributed by atoms with van der Waals surface area (Å²) in [5, 5.41) is 3.72. The van der Waals surface area contributed by atoms with Gasteiger partial charge in [-0.15, -0.1) is 0 Å². The maximum absolute atomic E-state index is 12.4. The second-order valence-electron chi connectivity index (χ2n) is 7.94. The first-order valence-corrected chi connectivity index (χ1v) is 11.1. The second kappa shape index (κ2) is 10.6. The predicted octanol–water partition coefficient (Wildman–Crippen LogP) is 4.36. The van der Waals surface area contributed by atoms with Crippen LogP contribution in [0.2, 0.25) is 5.02 Å². The second-order valence-corrected chi connectivity index (χ2v) is 8.38. The molecule has 5 heteroatoms. The number of carbonyl (C=O) groups excluding carboxylic acids is 1. The monoisotopic (exact) mass is 433 g/mol. The largest absolute Gasteiger partial charge is 0.351 e. The molecule has 1 saturated heterocycles. The third kappa shape index (κ3) is 5.95. The van der Waals surface area contributed by atoms with Crippen LogP contribution in [0.3, 0.4) is 0 Å². The standard InChI is InChI=1S/C26H28ClN3O/c27-24-13-11-21(12-14-24)19-28-25(31)20-29-15-17-30(18-16-29)26(22-7-3-1-4-8-22)23-9-5-2-6-10-23/h1-14,26H,15-20H2,(H,28,31). The van der Waals surface area contributed by atoms with E-state index in [-0.39, 0.29) is 11.9 Å². The minimum atomic E-state index is 0.0612. The highest BCUT2D eigenvalue weighted by Crippen LogP contribution is 2.29. The molecule has 0 bridgehead atoms. The number of amides is 1. The molecule has 0 aliphatic carbocycles. The number of nitrogens with one attached hydrogen (secondary N) is 1. The molecular weight excluding hydrogens is 406 g/mol. The summed E-state index contributed by atoms with van der Waals surface area (Å²) < 4.78 is 0. The van der Waals surface area contributed by atoms with E-state index in [1.54, 1.807) is 0 Å². The maximum Gasteiger partial charge on any atom is 0.234 e. The molecule has 0 saturated carbocycles. The summed E-state index contributed by atoms with van der Waals surface area (Å²) in [6.45, 7) is 4.58. The van der Waals surface area contributed by atoms with Crippen LogP contribution in [0.5, 0.6) is 0 Å². The first-order chi connectivity index (χ1) is 15.2. The summed E-state index contributed by atoms with van der Waals surface area (Å²) in [6, 6.07) is 29.2. The van der Waals surface area contributed by atoms with Crippen molar-refractivity contribution >= 4 is 17.5 Å². The Morgan fingerprint density at radius 1 is 0.806 bits per heavy atom. The van der Waals surface area contributed by atoms with Gasteiger partial charge in [0.05, 0.1) is 12.6 Å². The van der Waals surface area contributed by atoms with Gasteiger partial charge in [-0.1, -0.05) is 84.4 Å². The number of halogens is 1. The molecule has 0 atom stereocenters. The summed E-state index contributed by atoms with van der Waals surface area (Å²) >= 11 is 5.92. The molecule has 4 nitrogen and oxygen atoms in total. The van der Waals surface area contributed by atoms with Crippen LogP contribution in [0.25, 0.3) is 0 Å². The van der Waals surface area contributed by atoms with Crippen molar-refractivity contribution in [3.8, 4) is 0 Å². The van der Waals surface area contributed by atoms with Crippen molar-refractivity contribution in [3.63, 3.8) is 0 Å². The van der Waals surface area contributed by atoms with Crippen LogP contribution in [0, 0.1) is 0 Å². The van der Waals surface area contributed by atoms with Gasteiger partial charge in [0, 0.05) is 37.7 Å². The average molecular weight is 434 g/mol. The van der Waals surface area contributed by atoms with E-state index in [1.165, 1.54) is 11.1 Å². The van der Waals surface area contributed by atoms with Gasteiger partial charge in [-0.2, -0.15) is 0 Å². The van der Waals surface area contributed by atoms with Gasteiger partial charge >= 0.3 is 0 Å². The topological polar surface area (TPSA) is 35.6 Å². The molecule has 3 aromatic rings. The number of piperazine rings is 1. The Hall–Kier alpha value is -2.66. The van der Waals surface area contributed by atoms with Crippen LogP contribution in [0.15, 0.2) is 84.9 Å². The zero-order chi connectivity index (χ0) is 21.5. The van der Waals surface area contributed by atoms with E-state index in [0.29, 0.717) is 18.1 Å². The lowest BCUT2D eigenvalue weighted by Gasteiger charge is -2.39. The van der Waals surface area contributed by atoms with Crippen molar-refractivity contribution in [1.82, 2.24) is 15.1 Å². The van der Waals surface area contributed by atoms with Crippen LogP contribution >= 0.6 is 11.6 Å². The summed E-state index contributed by atoms with van der Waals surface area (Å²) in [4.78, 5) is 17.2. The van der Waals surface area contributed by atoms with Crippen molar-refractivity contribution < 1.29 is 4.79 Å². The SMILES string of the molecule is O=C(CN1CCN(C(c2ccccc2)c2ccccc2)CC1)NCc1ccc(Cl)cc1. The number of nitrogens with zero attached hydrogens (tertiary/aromatic N) is 2. The zero-order valence-electron chi connectivity index (χ0n) is 17.6. The predicted molar refractivity (Wildman–Crippen MR) is 126 cm³/mol. The van der Waals surface area contributed by atoms with E-state index < -0.39 is 0 Å². The fourth-order valence-corrected chi connectivity index (χ4v) is 4.25. The molecular formula is C26H28ClN3O. The molecule has 160 valence electrons. The Morgan fingerprint density at radius 2 is 1.35 bits per heavy atom. The molecule has 1 aliphatic heterocycles. The minimum Gasteiger partial charge on any atom is -0.351 e. The number of rotatable bonds is 7. The highest BCUT2D eigenvalue weighted by Gasteiger charge is 2.26. The number of benzene rings is 3. The Labute approximate surface area is 189 Å². The van der Waals surface area contributed by atoms with Crippen molar-refractivity contribution in [2.45, 2.75) is 12.6 Å². The molecule has 0 aromatic heterocycles. The summed E-state index contributed by atoms with van der Waals surface area (Å²) in [6.07, 6.45) is 0. The molecule has 1 aliphatic rings. The van der Waals surface area contributed by atoms with Gasteiger partial charge in [-0.3, -0.25) is 14.6 Å². The van der Waals surface area contributed by atoms with Gasteiger partial charge in [-0.25, -0.2) is 0 Å². The molecule has 0 unspecified atom stereocenters. The van der Waals surface area contributed by atoms with Gasteiger partial charge in [0.15, 0.2) is 0 Å². The molecule has 0 radical (unpaired) electrons. The average Bonchev–Trinajstić information content (AvgIpc) is 2.81. The molecule has 4 rings (SSSR count). The molecule has 1 fully saturated rings. The van der Waals surface area contributed by atoms with Crippen LogP contribution in [-0.4, -0.2) is 48.4 Å². The summed E-state index contributed by atoms with van der Waals surface area (Å²) in [7, 11) is 0. The Morgan fingerprint density at radius 3 is 1.90 bits per heavy atom. The number of hydrogen-bond acceptors (Lipinski definition) is 3. The van der Waals surface area contributed by atoms with Crippen LogP contribution in [-0.2, 0) is 11.3 Å². The number of hydrogen-bond donors (Lipinski definition) is 1. The number of carbonyl (C=O) groups is 1. The van der Waals surface area contributed by atoms with E-state index in [2.05, 4.69) is 75.8 Å². The quantitative estimate of drug-likeness (QED) is 0.601. The Kier molecular flexibility index (Phi) is 7.36. The van der Waals surface area contributed by atoms with Crippen LogP contribution < -0.4 is 5.32 Å². The Bertz CT molecular complexity index is 915. The molecule has 31 heavy (non-hydrogen) atoms. The van der Waals surface area contributed by atoms with E-state index >= 15 is 0 Å². The molecule has 1 N–H and O–H groups in total. The van der Waals surface area contributed by atoms with E-state index in [9.17, 15) is 4.79 Å². The van der Waals surface area contributed by atoms with Crippen molar-refractivity contribution in [2.24, 2.45) is 0 Å². The van der Waals surface area contributed by atoms with Crippen molar-refractivity contribution in [3.05, 3.63) is 107 Å². The van der Waals surface area contributed by atoms with Crippen molar-refractivity contribution in [2.75, 3.05) is 32.7 Å².